The van der Waals surface area contributed by atoms with E-state index in [4.69, 9.17) is 5.73 Å². The highest BCUT2D eigenvalue weighted by Gasteiger charge is 2.18. The molecule has 0 radical (unpaired) electrons. The zero-order valence-corrected chi connectivity index (χ0v) is 17.3. The molecule has 2 heterocycles. The number of anilines is 1. The molecule has 0 fully saturated rings. The minimum absolute atomic E-state index is 0.0163. The van der Waals surface area contributed by atoms with Gasteiger partial charge in [-0.05, 0) is 36.0 Å². The highest BCUT2D eigenvalue weighted by Crippen LogP contribution is 2.23. The molecule has 3 aromatic rings. The summed E-state index contributed by atoms with van der Waals surface area (Å²) in [5.74, 6) is -0.387. The van der Waals surface area contributed by atoms with Gasteiger partial charge in [0.05, 0.1) is 0 Å². The molecule has 0 saturated carbocycles. The van der Waals surface area contributed by atoms with Gasteiger partial charge in [0.25, 0.3) is 11.8 Å². The summed E-state index contributed by atoms with van der Waals surface area (Å²) in [6.45, 7) is 8.48. The molecule has 0 saturated heterocycles. The molecule has 29 heavy (non-hydrogen) atoms. The Hall–Kier alpha value is -3.22. The molecule has 0 aliphatic heterocycles. The summed E-state index contributed by atoms with van der Waals surface area (Å²) in [7, 11) is 0. The average molecular weight is 393 g/mol. The van der Waals surface area contributed by atoms with Gasteiger partial charge in [-0.3, -0.25) is 14.0 Å². The van der Waals surface area contributed by atoms with Crippen LogP contribution in [-0.4, -0.2) is 26.2 Å². The van der Waals surface area contributed by atoms with E-state index in [1.165, 1.54) is 6.33 Å². The average Bonchev–Trinajstić information content (AvgIpc) is 3.10. The maximum Gasteiger partial charge on any atom is 0.271 e. The quantitative estimate of drug-likeness (QED) is 0.666. The van der Waals surface area contributed by atoms with Gasteiger partial charge in [0.2, 0.25) is 0 Å². The zero-order chi connectivity index (χ0) is 21.2. The van der Waals surface area contributed by atoms with Crippen molar-refractivity contribution in [2.24, 2.45) is 5.73 Å². The Bertz CT molecular complexity index is 1050. The van der Waals surface area contributed by atoms with Crippen molar-refractivity contribution in [2.45, 2.75) is 52.4 Å². The minimum atomic E-state index is -0.650. The van der Waals surface area contributed by atoms with Crippen LogP contribution in [0.25, 0.3) is 5.65 Å². The van der Waals surface area contributed by atoms with E-state index in [1.54, 1.807) is 4.40 Å². The summed E-state index contributed by atoms with van der Waals surface area (Å²) in [5.41, 5.74) is 8.37. The number of carbonyl (C=O) groups excluding carboxylic acids is 2. The first-order valence-corrected chi connectivity index (χ1v) is 9.79. The number of unbranched alkanes of at least 4 members (excludes halogenated alkanes) is 1. The van der Waals surface area contributed by atoms with E-state index in [0.29, 0.717) is 17.0 Å². The van der Waals surface area contributed by atoms with Crippen LogP contribution in [0.3, 0.4) is 0 Å². The van der Waals surface area contributed by atoms with E-state index >= 15 is 0 Å². The predicted molar refractivity (Wildman–Crippen MR) is 113 cm³/mol. The molecule has 3 N–H and O–H groups in total. The molecular formula is C22H27N5O2. The second-order valence-electron chi connectivity index (χ2n) is 8.17. The molecule has 0 aliphatic carbocycles. The number of aromatic nitrogens is 3. The lowest BCUT2D eigenvalue weighted by atomic mass is 9.87. The monoisotopic (exact) mass is 393 g/mol. The van der Waals surface area contributed by atoms with Crippen LogP contribution in [-0.2, 0) is 11.8 Å². The number of imidazole rings is 1. The zero-order valence-electron chi connectivity index (χ0n) is 17.3. The highest BCUT2D eigenvalue weighted by molar-refractivity contribution is 6.04. The number of primary amides is 1. The molecule has 1 aromatic carbocycles. The van der Waals surface area contributed by atoms with Crippen LogP contribution in [0.1, 0.15) is 72.6 Å². The lowest BCUT2D eigenvalue weighted by Crippen LogP contribution is -2.17. The Morgan fingerprint density at radius 2 is 1.86 bits per heavy atom. The normalized spacial score (nSPS) is 11.6. The van der Waals surface area contributed by atoms with E-state index in [-0.39, 0.29) is 17.0 Å². The predicted octanol–water partition coefficient (Wildman–Crippen LogP) is 3.72. The number of rotatable bonds is 6. The number of nitrogens with two attached hydrogens (primary N) is 1. The Balaban J connectivity index is 1.95. The van der Waals surface area contributed by atoms with Crippen LogP contribution in [0.15, 0.2) is 36.7 Å². The summed E-state index contributed by atoms with van der Waals surface area (Å²) in [5, 5.41) is 2.92. The number of nitrogens with one attached hydrogen (secondary N) is 1. The molecule has 0 bridgehead atoms. The number of nitrogens with zero attached hydrogens (tertiary/aromatic N) is 3. The second kappa shape index (κ2) is 8.03. The van der Waals surface area contributed by atoms with Gasteiger partial charge in [-0.25, -0.2) is 9.97 Å². The summed E-state index contributed by atoms with van der Waals surface area (Å²) >= 11 is 0. The molecule has 2 aromatic heterocycles. The fourth-order valence-corrected chi connectivity index (χ4v) is 3.09. The maximum atomic E-state index is 12.8. The molecule has 3 rings (SSSR count). The van der Waals surface area contributed by atoms with Crippen molar-refractivity contribution >= 4 is 23.3 Å². The fourth-order valence-electron chi connectivity index (χ4n) is 3.09. The number of hydrogen-bond donors (Lipinski definition) is 2. The Morgan fingerprint density at radius 3 is 2.45 bits per heavy atom. The molecule has 152 valence electrons. The molecule has 0 atom stereocenters. The van der Waals surface area contributed by atoms with Gasteiger partial charge in [-0.15, -0.1) is 0 Å². The van der Waals surface area contributed by atoms with E-state index < -0.39 is 5.91 Å². The molecular weight excluding hydrogens is 366 g/mol. The second-order valence-corrected chi connectivity index (χ2v) is 8.17. The maximum absolute atomic E-state index is 12.8. The lowest BCUT2D eigenvalue weighted by molar-refractivity contribution is 0.0995. The van der Waals surface area contributed by atoms with Gasteiger partial charge >= 0.3 is 0 Å². The first kappa shape index (κ1) is 20.5. The van der Waals surface area contributed by atoms with Crippen molar-refractivity contribution in [3.05, 3.63) is 59.2 Å². The van der Waals surface area contributed by atoms with Crippen LogP contribution in [0.5, 0.6) is 0 Å². The van der Waals surface area contributed by atoms with E-state index in [9.17, 15) is 9.59 Å². The van der Waals surface area contributed by atoms with E-state index in [0.717, 1.165) is 30.5 Å². The van der Waals surface area contributed by atoms with E-state index in [1.807, 2.05) is 30.3 Å². The van der Waals surface area contributed by atoms with Crippen molar-refractivity contribution in [3.63, 3.8) is 0 Å². The number of hydrogen-bond acceptors (Lipinski definition) is 4. The first-order valence-electron chi connectivity index (χ1n) is 9.79. The molecule has 0 aliphatic rings. The van der Waals surface area contributed by atoms with Gasteiger partial charge in [-0.1, -0.05) is 46.2 Å². The third-order valence-corrected chi connectivity index (χ3v) is 4.83. The lowest BCUT2D eigenvalue weighted by Gasteiger charge is -2.19. The van der Waals surface area contributed by atoms with E-state index in [2.05, 4.69) is 43.0 Å². The van der Waals surface area contributed by atoms with Crippen molar-refractivity contribution in [1.29, 1.82) is 0 Å². The molecule has 2 amide bonds. The fraction of sp³-hybridized carbons (Fsp3) is 0.364. The first-order chi connectivity index (χ1) is 13.7. The van der Waals surface area contributed by atoms with Gasteiger partial charge in [0, 0.05) is 17.3 Å². The Kier molecular flexibility index (Phi) is 5.68. The summed E-state index contributed by atoms with van der Waals surface area (Å²) in [4.78, 5) is 33.1. The van der Waals surface area contributed by atoms with Crippen molar-refractivity contribution in [1.82, 2.24) is 14.4 Å². The smallest absolute Gasteiger partial charge is 0.271 e. The SMILES string of the molecule is CCCCc1cc(NC(=O)c2ccc(C(C)(C)C)cc2)n2cnc(C(N)=O)c2n1. The summed E-state index contributed by atoms with van der Waals surface area (Å²) in [6.07, 6.45) is 4.14. The van der Waals surface area contributed by atoms with Crippen LogP contribution >= 0.6 is 0 Å². The largest absolute Gasteiger partial charge is 0.364 e. The summed E-state index contributed by atoms with van der Waals surface area (Å²) < 4.78 is 1.58. The number of benzene rings is 1. The number of amides is 2. The minimum Gasteiger partial charge on any atom is -0.364 e. The number of fused-ring (bicyclic) bond motifs is 1. The third kappa shape index (κ3) is 4.45. The number of carbonyl (C=O) groups is 2. The van der Waals surface area contributed by atoms with Crippen molar-refractivity contribution in [3.8, 4) is 0 Å². The molecule has 0 spiro atoms. The standard InChI is InChI=1S/C22H27N5O2/c1-5-6-7-16-12-17(27-13-24-18(19(23)28)20(27)25-16)26-21(29)14-8-10-15(11-9-14)22(2,3)4/h8-13H,5-7H2,1-4H3,(H2,23,28)(H,26,29). The molecule has 0 unspecified atom stereocenters. The van der Waals surface area contributed by atoms with Crippen LogP contribution in [0.4, 0.5) is 5.82 Å². The summed E-state index contributed by atoms with van der Waals surface area (Å²) in [6, 6.07) is 9.37. The van der Waals surface area contributed by atoms with Gasteiger partial charge in [0.1, 0.15) is 12.1 Å². The Labute approximate surface area is 170 Å². The van der Waals surface area contributed by atoms with Crippen LogP contribution in [0.2, 0.25) is 0 Å². The molecule has 7 heteroatoms. The van der Waals surface area contributed by atoms with Gasteiger partial charge < -0.3 is 11.1 Å². The highest BCUT2D eigenvalue weighted by atomic mass is 16.2. The van der Waals surface area contributed by atoms with Gasteiger partial charge in [-0.2, -0.15) is 0 Å². The van der Waals surface area contributed by atoms with Crippen LogP contribution < -0.4 is 11.1 Å². The Morgan fingerprint density at radius 1 is 1.17 bits per heavy atom. The van der Waals surface area contributed by atoms with Crippen LogP contribution in [0, 0.1) is 0 Å². The number of aryl methyl sites for hydroxylation is 1. The van der Waals surface area contributed by atoms with Crippen molar-refractivity contribution < 1.29 is 9.59 Å². The van der Waals surface area contributed by atoms with Gasteiger partial charge in [0.15, 0.2) is 11.3 Å². The topological polar surface area (TPSA) is 102 Å². The van der Waals surface area contributed by atoms with Crippen molar-refractivity contribution in [2.75, 3.05) is 5.32 Å². The molecule has 7 nitrogen and oxygen atoms in total. The third-order valence-electron chi connectivity index (χ3n) is 4.83.